The first kappa shape index (κ1) is 18.1. The second-order valence-corrected chi connectivity index (χ2v) is 7.53. The van der Waals surface area contributed by atoms with Gasteiger partial charge in [-0.25, -0.2) is 4.79 Å². The summed E-state index contributed by atoms with van der Waals surface area (Å²) in [5.74, 6) is 0.411. The average molecular weight is 345 g/mol. The summed E-state index contributed by atoms with van der Waals surface area (Å²) in [6.45, 7) is 4.55. The van der Waals surface area contributed by atoms with Crippen LogP contribution < -0.4 is 15.5 Å². The molecule has 1 saturated heterocycles. The molecule has 25 heavy (non-hydrogen) atoms. The van der Waals surface area contributed by atoms with E-state index in [4.69, 9.17) is 0 Å². The Hall–Kier alpha value is -1.75. The molecule has 1 aromatic rings. The number of hydrogen-bond acceptors (Lipinski definition) is 3. The number of hydrogen-bond donors (Lipinski definition) is 3. The van der Waals surface area contributed by atoms with Crippen LogP contribution in [0.25, 0.3) is 0 Å². The third-order valence-electron chi connectivity index (χ3n) is 5.63. The SMILES string of the molecule is CC(NC(=O)NC1CCC(CO)CC1)c1cccc(N2CCCC2)c1. The molecule has 1 saturated carbocycles. The maximum absolute atomic E-state index is 12.3. The van der Waals surface area contributed by atoms with E-state index in [1.165, 1.54) is 18.5 Å². The largest absolute Gasteiger partial charge is 0.396 e. The highest BCUT2D eigenvalue weighted by Gasteiger charge is 2.22. The van der Waals surface area contributed by atoms with Crippen LogP contribution in [0.4, 0.5) is 10.5 Å². The third-order valence-corrected chi connectivity index (χ3v) is 5.63. The summed E-state index contributed by atoms with van der Waals surface area (Å²) < 4.78 is 0. The van der Waals surface area contributed by atoms with Crippen molar-refractivity contribution in [3.63, 3.8) is 0 Å². The first-order chi connectivity index (χ1) is 12.2. The quantitative estimate of drug-likeness (QED) is 0.768. The van der Waals surface area contributed by atoms with E-state index < -0.39 is 0 Å². The summed E-state index contributed by atoms with van der Waals surface area (Å²) in [4.78, 5) is 14.7. The second kappa shape index (κ2) is 8.56. The highest BCUT2D eigenvalue weighted by atomic mass is 16.3. The van der Waals surface area contributed by atoms with Gasteiger partial charge >= 0.3 is 6.03 Å². The molecule has 0 spiro atoms. The predicted molar refractivity (Wildman–Crippen MR) is 101 cm³/mol. The number of carbonyl (C=O) groups excluding carboxylic acids is 1. The summed E-state index contributed by atoms with van der Waals surface area (Å²) in [7, 11) is 0. The van der Waals surface area contributed by atoms with E-state index in [1.807, 2.05) is 6.92 Å². The van der Waals surface area contributed by atoms with Crippen LogP contribution in [0.1, 0.15) is 57.1 Å². The molecule has 2 fully saturated rings. The van der Waals surface area contributed by atoms with Gasteiger partial charge in [0, 0.05) is 31.4 Å². The molecule has 2 aliphatic rings. The Balaban J connectivity index is 1.50. The molecule has 1 atom stereocenters. The van der Waals surface area contributed by atoms with Crippen molar-refractivity contribution in [3.05, 3.63) is 29.8 Å². The number of carbonyl (C=O) groups is 1. The van der Waals surface area contributed by atoms with Crippen LogP contribution in [-0.4, -0.2) is 36.9 Å². The smallest absolute Gasteiger partial charge is 0.315 e. The van der Waals surface area contributed by atoms with Gasteiger partial charge in [0.15, 0.2) is 0 Å². The summed E-state index contributed by atoms with van der Waals surface area (Å²) in [5, 5.41) is 15.4. The zero-order valence-corrected chi connectivity index (χ0v) is 15.2. The van der Waals surface area contributed by atoms with E-state index in [1.54, 1.807) is 0 Å². The van der Waals surface area contributed by atoms with Crippen molar-refractivity contribution >= 4 is 11.7 Å². The van der Waals surface area contributed by atoms with Crippen molar-refractivity contribution in [3.8, 4) is 0 Å². The molecule has 1 aliphatic carbocycles. The van der Waals surface area contributed by atoms with Gasteiger partial charge in [0.1, 0.15) is 0 Å². The number of benzene rings is 1. The number of nitrogens with zero attached hydrogens (tertiary/aromatic N) is 1. The molecular formula is C20H31N3O2. The lowest BCUT2D eigenvalue weighted by atomic mass is 9.87. The van der Waals surface area contributed by atoms with E-state index in [9.17, 15) is 9.90 Å². The van der Waals surface area contributed by atoms with E-state index >= 15 is 0 Å². The normalized spacial score (nSPS) is 24.8. The van der Waals surface area contributed by atoms with Crippen molar-refractivity contribution in [2.24, 2.45) is 5.92 Å². The summed E-state index contributed by atoms with van der Waals surface area (Å²) in [6.07, 6.45) is 6.43. The third kappa shape index (κ3) is 4.88. The number of aliphatic hydroxyl groups is 1. The lowest BCUT2D eigenvalue weighted by molar-refractivity contribution is 0.174. The van der Waals surface area contributed by atoms with Gasteiger partial charge in [0.2, 0.25) is 0 Å². The molecule has 3 rings (SSSR count). The number of anilines is 1. The van der Waals surface area contributed by atoms with Gasteiger partial charge in [0.05, 0.1) is 6.04 Å². The fourth-order valence-electron chi connectivity index (χ4n) is 3.96. The minimum atomic E-state index is -0.0912. The van der Waals surface area contributed by atoms with Gasteiger partial charge < -0.3 is 20.6 Å². The fourth-order valence-corrected chi connectivity index (χ4v) is 3.96. The van der Waals surface area contributed by atoms with Crippen LogP contribution >= 0.6 is 0 Å². The second-order valence-electron chi connectivity index (χ2n) is 7.53. The predicted octanol–water partition coefficient (Wildman–Crippen LogP) is 3.20. The van der Waals surface area contributed by atoms with Crippen LogP contribution in [0.3, 0.4) is 0 Å². The van der Waals surface area contributed by atoms with Crippen LogP contribution in [0.5, 0.6) is 0 Å². The molecule has 5 heteroatoms. The van der Waals surface area contributed by atoms with Gasteiger partial charge in [-0.1, -0.05) is 12.1 Å². The Labute approximate surface area is 150 Å². The maximum Gasteiger partial charge on any atom is 0.315 e. The van der Waals surface area contributed by atoms with Crippen LogP contribution in [0, 0.1) is 5.92 Å². The Morgan fingerprint density at radius 2 is 1.96 bits per heavy atom. The van der Waals surface area contributed by atoms with Crippen LogP contribution in [0.15, 0.2) is 24.3 Å². The molecule has 3 N–H and O–H groups in total. The Morgan fingerprint density at radius 3 is 2.64 bits per heavy atom. The molecule has 2 amide bonds. The molecule has 0 aromatic heterocycles. The van der Waals surface area contributed by atoms with Crippen molar-refractivity contribution in [2.45, 2.75) is 57.5 Å². The van der Waals surface area contributed by atoms with Crippen LogP contribution in [0.2, 0.25) is 0 Å². The van der Waals surface area contributed by atoms with Crippen molar-refractivity contribution < 1.29 is 9.90 Å². The molecule has 1 unspecified atom stereocenters. The number of nitrogens with one attached hydrogen (secondary N) is 2. The Morgan fingerprint density at radius 1 is 1.24 bits per heavy atom. The number of rotatable bonds is 5. The Bertz CT molecular complexity index is 564. The van der Waals surface area contributed by atoms with Gasteiger partial charge in [0.25, 0.3) is 0 Å². The number of aliphatic hydroxyl groups excluding tert-OH is 1. The molecule has 1 heterocycles. The van der Waals surface area contributed by atoms with Gasteiger partial charge in [-0.15, -0.1) is 0 Å². The van der Waals surface area contributed by atoms with Gasteiger partial charge in [-0.2, -0.15) is 0 Å². The van der Waals surface area contributed by atoms with Crippen LogP contribution in [-0.2, 0) is 0 Å². The molecule has 5 nitrogen and oxygen atoms in total. The first-order valence-corrected chi connectivity index (χ1v) is 9.68. The standard InChI is InChI=1S/C20H31N3O2/c1-15(17-5-4-6-19(13-17)23-11-2-3-12-23)21-20(25)22-18-9-7-16(14-24)8-10-18/h4-6,13,15-16,18,24H,2-3,7-12,14H2,1H3,(H2,21,22,25). The van der Waals surface area contributed by atoms with E-state index in [0.717, 1.165) is 44.3 Å². The van der Waals surface area contributed by atoms with E-state index in [2.05, 4.69) is 39.8 Å². The zero-order valence-electron chi connectivity index (χ0n) is 15.2. The summed E-state index contributed by atoms with van der Waals surface area (Å²) in [5.41, 5.74) is 2.40. The minimum Gasteiger partial charge on any atom is -0.396 e. The summed E-state index contributed by atoms with van der Waals surface area (Å²) in [6, 6.07) is 8.63. The van der Waals surface area contributed by atoms with E-state index in [-0.39, 0.29) is 24.7 Å². The minimum absolute atomic E-state index is 0.0173. The molecule has 138 valence electrons. The highest BCUT2D eigenvalue weighted by Crippen LogP contribution is 2.25. The lowest BCUT2D eigenvalue weighted by Gasteiger charge is -2.28. The van der Waals surface area contributed by atoms with E-state index in [0.29, 0.717) is 5.92 Å². The average Bonchev–Trinajstić information content (AvgIpc) is 3.17. The number of urea groups is 1. The molecular weight excluding hydrogens is 314 g/mol. The van der Waals surface area contributed by atoms with Crippen molar-refractivity contribution in [2.75, 3.05) is 24.6 Å². The lowest BCUT2D eigenvalue weighted by Crippen LogP contribution is -2.44. The zero-order chi connectivity index (χ0) is 17.6. The number of amides is 2. The fraction of sp³-hybridized carbons (Fsp3) is 0.650. The highest BCUT2D eigenvalue weighted by molar-refractivity contribution is 5.74. The van der Waals surface area contributed by atoms with Crippen molar-refractivity contribution in [1.29, 1.82) is 0 Å². The molecule has 1 aliphatic heterocycles. The molecule has 0 bridgehead atoms. The first-order valence-electron chi connectivity index (χ1n) is 9.68. The molecule has 0 radical (unpaired) electrons. The Kier molecular flexibility index (Phi) is 6.19. The topological polar surface area (TPSA) is 64.6 Å². The monoisotopic (exact) mass is 345 g/mol. The maximum atomic E-state index is 12.3. The van der Waals surface area contributed by atoms with Crippen molar-refractivity contribution in [1.82, 2.24) is 10.6 Å². The summed E-state index contributed by atoms with van der Waals surface area (Å²) >= 11 is 0. The van der Waals surface area contributed by atoms with Gasteiger partial charge in [-0.05, 0) is 69.1 Å². The van der Waals surface area contributed by atoms with Gasteiger partial charge in [-0.3, -0.25) is 0 Å². The molecule has 1 aromatic carbocycles.